The third-order valence-corrected chi connectivity index (χ3v) is 3.91. The van der Waals surface area contributed by atoms with Gasteiger partial charge in [-0.2, -0.15) is 5.10 Å². The molecule has 104 valence electrons. The molecular weight excluding hydrogens is 288 g/mol. The van der Waals surface area contributed by atoms with Gasteiger partial charge in [-0.15, -0.1) is 10.2 Å². The van der Waals surface area contributed by atoms with E-state index in [9.17, 15) is 4.79 Å². The molecule has 21 heavy (non-hydrogen) atoms. The van der Waals surface area contributed by atoms with E-state index in [0.29, 0.717) is 16.5 Å². The molecule has 0 amide bonds. The van der Waals surface area contributed by atoms with Crippen molar-refractivity contribution in [1.29, 1.82) is 0 Å². The van der Waals surface area contributed by atoms with Gasteiger partial charge in [0.05, 0.1) is 5.69 Å². The van der Waals surface area contributed by atoms with Gasteiger partial charge in [0.2, 0.25) is 10.8 Å². The number of aromatic amines is 2. The maximum absolute atomic E-state index is 11.3. The molecule has 0 saturated carbocycles. The third kappa shape index (κ3) is 1.96. The van der Waals surface area contributed by atoms with E-state index < -0.39 is 0 Å². The van der Waals surface area contributed by atoms with Crippen LogP contribution in [0.1, 0.15) is 5.56 Å². The summed E-state index contributed by atoms with van der Waals surface area (Å²) in [6.45, 7) is 2.04. The first kappa shape index (κ1) is 12.0. The van der Waals surface area contributed by atoms with Crippen LogP contribution in [0.25, 0.3) is 27.7 Å². The fourth-order valence-electron chi connectivity index (χ4n) is 2.12. The predicted octanol–water partition coefficient (Wildman–Crippen LogP) is 1.84. The van der Waals surface area contributed by atoms with E-state index in [-0.39, 0.29) is 4.87 Å². The highest BCUT2D eigenvalue weighted by Crippen LogP contribution is 2.23. The minimum Gasteiger partial charge on any atom is -0.274 e. The first-order chi connectivity index (χ1) is 10.2. The number of nitrogens with one attached hydrogen (secondary N) is 2. The molecule has 8 heteroatoms. The van der Waals surface area contributed by atoms with Crippen LogP contribution in [0.15, 0.2) is 35.1 Å². The van der Waals surface area contributed by atoms with Crippen molar-refractivity contribution in [2.75, 3.05) is 0 Å². The molecule has 0 fully saturated rings. The number of aromatic nitrogens is 6. The summed E-state index contributed by atoms with van der Waals surface area (Å²) in [7, 11) is 0. The van der Waals surface area contributed by atoms with E-state index in [1.54, 1.807) is 4.52 Å². The molecule has 4 aromatic rings. The van der Waals surface area contributed by atoms with Gasteiger partial charge in [-0.3, -0.25) is 9.89 Å². The SMILES string of the molecule is Cc1ccc(-c2cc(-c3nnc4sc(=O)[nH]n34)[nH]n2)cc1. The second-order valence-electron chi connectivity index (χ2n) is 4.68. The van der Waals surface area contributed by atoms with Crippen LogP contribution in [0.3, 0.4) is 0 Å². The summed E-state index contributed by atoms with van der Waals surface area (Å²) in [6.07, 6.45) is 0. The summed E-state index contributed by atoms with van der Waals surface area (Å²) < 4.78 is 1.55. The van der Waals surface area contributed by atoms with Crippen molar-refractivity contribution in [3.63, 3.8) is 0 Å². The molecule has 0 aliphatic heterocycles. The van der Waals surface area contributed by atoms with E-state index in [1.807, 2.05) is 37.3 Å². The number of benzene rings is 1. The van der Waals surface area contributed by atoms with Crippen LogP contribution in [0.4, 0.5) is 0 Å². The van der Waals surface area contributed by atoms with Gasteiger partial charge in [0.25, 0.3) is 0 Å². The lowest BCUT2D eigenvalue weighted by atomic mass is 10.1. The maximum atomic E-state index is 11.3. The van der Waals surface area contributed by atoms with Gasteiger partial charge in [-0.05, 0) is 24.3 Å². The Balaban J connectivity index is 1.80. The number of fused-ring (bicyclic) bond motifs is 1. The van der Waals surface area contributed by atoms with Crippen LogP contribution < -0.4 is 4.87 Å². The predicted molar refractivity (Wildman–Crippen MR) is 79.2 cm³/mol. The summed E-state index contributed by atoms with van der Waals surface area (Å²) in [6, 6.07) is 9.99. The lowest BCUT2D eigenvalue weighted by Crippen LogP contribution is -1.99. The van der Waals surface area contributed by atoms with Crippen LogP contribution in [-0.2, 0) is 0 Å². The summed E-state index contributed by atoms with van der Waals surface area (Å²) in [4.78, 5) is 11.7. The Morgan fingerprint density at radius 2 is 2.00 bits per heavy atom. The molecule has 0 radical (unpaired) electrons. The zero-order valence-electron chi connectivity index (χ0n) is 11.0. The van der Waals surface area contributed by atoms with Crippen molar-refractivity contribution in [3.8, 4) is 22.8 Å². The smallest absolute Gasteiger partial charge is 0.274 e. The lowest BCUT2D eigenvalue weighted by Gasteiger charge is -1.96. The van der Waals surface area contributed by atoms with E-state index in [1.165, 1.54) is 5.56 Å². The van der Waals surface area contributed by atoms with Crippen molar-refractivity contribution < 1.29 is 0 Å². The molecule has 0 bridgehead atoms. The largest absolute Gasteiger partial charge is 0.322 e. The monoisotopic (exact) mass is 298 g/mol. The molecule has 3 aromatic heterocycles. The molecule has 3 heterocycles. The second kappa shape index (κ2) is 4.38. The summed E-state index contributed by atoms with van der Waals surface area (Å²) in [5.41, 5.74) is 3.73. The number of H-pyrrole nitrogens is 2. The highest BCUT2D eigenvalue weighted by Gasteiger charge is 2.14. The zero-order valence-corrected chi connectivity index (χ0v) is 11.8. The first-order valence-corrected chi connectivity index (χ1v) is 7.09. The van der Waals surface area contributed by atoms with Crippen LogP contribution in [-0.4, -0.2) is 30.0 Å². The standard InChI is InChI=1S/C13H10N6OS/c1-7-2-4-8(5-3-7)9-6-10(15-14-9)11-16-17-12-19(11)18-13(20)21-12/h2-6H,1H3,(H,14,15)(H,18,20). The number of hydrogen-bond acceptors (Lipinski definition) is 5. The van der Waals surface area contributed by atoms with E-state index in [0.717, 1.165) is 22.6 Å². The third-order valence-electron chi connectivity index (χ3n) is 3.19. The van der Waals surface area contributed by atoms with Crippen molar-refractivity contribution in [2.45, 2.75) is 6.92 Å². The fraction of sp³-hybridized carbons (Fsp3) is 0.0769. The Morgan fingerprint density at radius 3 is 2.81 bits per heavy atom. The van der Waals surface area contributed by atoms with Gasteiger partial charge in [-0.25, -0.2) is 9.61 Å². The van der Waals surface area contributed by atoms with Crippen LogP contribution >= 0.6 is 11.3 Å². The lowest BCUT2D eigenvalue weighted by molar-refractivity contribution is 0.932. The number of aryl methyl sites for hydroxylation is 1. The molecule has 0 unspecified atom stereocenters. The van der Waals surface area contributed by atoms with Crippen molar-refractivity contribution in [3.05, 3.63) is 45.6 Å². The molecule has 0 atom stereocenters. The summed E-state index contributed by atoms with van der Waals surface area (Å²) >= 11 is 1.02. The highest BCUT2D eigenvalue weighted by atomic mass is 32.1. The summed E-state index contributed by atoms with van der Waals surface area (Å²) in [5, 5.41) is 17.9. The number of rotatable bonds is 2. The van der Waals surface area contributed by atoms with Gasteiger partial charge in [0.15, 0.2) is 0 Å². The minimum atomic E-state index is -0.167. The van der Waals surface area contributed by atoms with Crippen LogP contribution in [0.2, 0.25) is 0 Å². The Kier molecular flexibility index (Phi) is 2.51. The van der Waals surface area contributed by atoms with Gasteiger partial charge >= 0.3 is 4.87 Å². The second-order valence-corrected chi connectivity index (χ2v) is 5.62. The highest BCUT2D eigenvalue weighted by molar-refractivity contribution is 7.14. The average molecular weight is 298 g/mol. The summed E-state index contributed by atoms with van der Waals surface area (Å²) in [5.74, 6) is 0.536. The number of nitrogens with zero attached hydrogens (tertiary/aromatic N) is 4. The van der Waals surface area contributed by atoms with Gasteiger partial charge in [0.1, 0.15) is 5.69 Å². The maximum Gasteiger partial charge on any atom is 0.322 e. The van der Waals surface area contributed by atoms with E-state index in [4.69, 9.17) is 0 Å². The fourth-order valence-corrected chi connectivity index (χ4v) is 2.72. The molecule has 4 rings (SSSR count). The molecular formula is C13H10N6OS. The van der Waals surface area contributed by atoms with E-state index >= 15 is 0 Å². The Bertz CT molecular complexity index is 974. The van der Waals surface area contributed by atoms with E-state index in [2.05, 4.69) is 25.5 Å². The molecule has 7 nitrogen and oxygen atoms in total. The molecule has 2 N–H and O–H groups in total. The van der Waals surface area contributed by atoms with Crippen molar-refractivity contribution >= 4 is 16.3 Å². The topological polar surface area (TPSA) is 91.7 Å². The van der Waals surface area contributed by atoms with Gasteiger partial charge in [-0.1, -0.05) is 29.8 Å². The van der Waals surface area contributed by atoms with Gasteiger partial charge in [0, 0.05) is 5.56 Å². The minimum absolute atomic E-state index is 0.167. The van der Waals surface area contributed by atoms with Gasteiger partial charge < -0.3 is 0 Å². The first-order valence-electron chi connectivity index (χ1n) is 6.28. The quantitative estimate of drug-likeness (QED) is 0.590. The van der Waals surface area contributed by atoms with Crippen LogP contribution in [0, 0.1) is 6.92 Å². The molecule has 0 spiro atoms. The molecule has 0 aliphatic rings. The Hall–Kier alpha value is -2.74. The Labute approximate surface area is 122 Å². The van der Waals surface area contributed by atoms with Crippen LogP contribution in [0.5, 0.6) is 0 Å². The molecule has 0 saturated heterocycles. The van der Waals surface area contributed by atoms with Crippen molar-refractivity contribution in [2.24, 2.45) is 0 Å². The Morgan fingerprint density at radius 1 is 1.19 bits per heavy atom. The average Bonchev–Trinajstić information content (AvgIpc) is 3.14. The number of hydrogen-bond donors (Lipinski definition) is 2. The normalized spacial score (nSPS) is 11.3. The van der Waals surface area contributed by atoms with Crippen molar-refractivity contribution in [1.82, 2.24) is 30.0 Å². The molecule has 0 aliphatic carbocycles. The zero-order chi connectivity index (χ0) is 14.4. The molecule has 1 aromatic carbocycles.